The van der Waals surface area contributed by atoms with E-state index in [0.29, 0.717) is 31.1 Å². The molecule has 0 heterocycles. The summed E-state index contributed by atoms with van der Waals surface area (Å²) >= 11 is 6.06. The Bertz CT molecular complexity index is 770. The Labute approximate surface area is 209 Å². The molecule has 5 atom stereocenters. The van der Waals surface area contributed by atoms with E-state index in [1.54, 1.807) is 6.08 Å². The first kappa shape index (κ1) is 27.6. The number of aliphatic hydroxyl groups excluding tert-OH is 2. The number of allylic oxidation sites excluding steroid dienone is 6. The zero-order valence-corrected chi connectivity index (χ0v) is 21.4. The van der Waals surface area contributed by atoms with Crippen LogP contribution in [0, 0.1) is 29.6 Å². The van der Waals surface area contributed by atoms with Crippen molar-refractivity contribution in [1.29, 1.82) is 0 Å². The van der Waals surface area contributed by atoms with E-state index in [2.05, 4.69) is 24.0 Å². The molecular formula is C28H42ClF2NO2. The van der Waals surface area contributed by atoms with Gasteiger partial charge in [-0.1, -0.05) is 55.8 Å². The van der Waals surface area contributed by atoms with Crippen LogP contribution in [0.4, 0.5) is 8.78 Å². The predicted molar refractivity (Wildman–Crippen MR) is 136 cm³/mol. The summed E-state index contributed by atoms with van der Waals surface area (Å²) in [5, 5.41) is 26.0. The summed E-state index contributed by atoms with van der Waals surface area (Å²) < 4.78 is 28.1. The van der Waals surface area contributed by atoms with E-state index in [9.17, 15) is 19.0 Å². The third-order valence-electron chi connectivity index (χ3n) is 8.14. The van der Waals surface area contributed by atoms with Gasteiger partial charge in [-0.15, -0.1) is 0 Å². The molecule has 3 nitrogen and oxygen atoms in total. The van der Waals surface area contributed by atoms with Gasteiger partial charge in [-0.05, 0) is 87.2 Å². The van der Waals surface area contributed by atoms with Crippen LogP contribution in [0.1, 0.15) is 71.6 Å². The number of nitrogens with one attached hydrogen (secondary N) is 1. The number of halogens is 3. The highest BCUT2D eigenvalue weighted by atomic mass is 35.5. The quantitative estimate of drug-likeness (QED) is 0.232. The van der Waals surface area contributed by atoms with Crippen molar-refractivity contribution in [3.05, 3.63) is 47.6 Å². The number of hydrogen-bond donors (Lipinski definition) is 3. The molecule has 0 aromatic heterocycles. The van der Waals surface area contributed by atoms with Crippen molar-refractivity contribution in [1.82, 2.24) is 5.32 Å². The Morgan fingerprint density at radius 2 is 1.91 bits per heavy atom. The van der Waals surface area contributed by atoms with Gasteiger partial charge in [0.1, 0.15) is 6.23 Å². The maximum Gasteiger partial charge on any atom is 0.272 e. The topological polar surface area (TPSA) is 52.5 Å². The maximum absolute atomic E-state index is 14.1. The molecule has 3 rings (SSSR count). The van der Waals surface area contributed by atoms with E-state index < -0.39 is 24.2 Å². The molecule has 6 heteroatoms. The molecule has 3 aliphatic carbocycles. The maximum atomic E-state index is 14.1. The van der Waals surface area contributed by atoms with Crippen LogP contribution in [0.15, 0.2) is 47.6 Å². The SMILES string of the molecule is C=CC(F)(F)[C@H]1C=C(CC(O)N[C@H](C(C)C)C(O)C2CCC(C3C=CC(Cl)=CC3)CC2)CCC1. The normalized spacial score (nSPS) is 30.9. The molecule has 3 N–H and O–H groups in total. The summed E-state index contributed by atoms with van der Waals surface area (Å²) in [4.78, 5) is 0. The Hall–Kier alpha value is -1.01. The highest BCUT2D eigenvalue weighted by Gasteiger charge is 2.37. The molecule has 192 valence electrons. The lowest BCUT2D eigenvalue weighted by atomic mass is 9.71. The minimum atomic E-state index is -2.92. The molecule has 0 bridgehead atoms. The summed E-state index contributed by atoms with van der Waals surface area (Å²) in [7, 11) is 0. The van der Waals surface area contributed by atoms with Gasteiger partial charge in [0, 0.05) is 23.4 Å². The zero-order chi connectivity index (χ0) is 24.9. The predicted octanol–water partition coefficient (Wildman–Crippen LogP) is 6.72. The first-order chi connectivity index (χ1) is 16.1. The van der Waals surface area contributed by atoms with E-state index in [1.807, 2.05) is 19.9 Å². The average molecular weight is 498 g/mol. The molecule has 0 aliphatic heterocycles. The van der Waals surface area contributed by atoms with E-state index in [4.69, 9.17) is 11.6 Å². The Morgan fingerprint density at radius 1 is 1.21 bits per heavy atom. The third kappa shape index (κ3) is 7.25. The van der Waals surface area contributed by atoms with Crippen molar-refractivity contribution in [2.75, 3.05) is 0 Å². The first-order valence-corrected chi connectivity index (χ1v) is 13.4. The van der Waals surface area contributed by atoms with E-state index >= 15 is 0 Å². The van der Waals surface area contributed by atoms with Gasteiger partial charge in [0.2, 0.25) is 0 Å². The van der Waals surface area contributed by atoms with Crippen LogP contribution in [0.25, 0.3) is 0 Å². The van der Waals surface area contributed by atoms with Gasteiger partial charge in [-0.3, -0.25) is 5.32 Å². The molecule has 3 unspecified atom stereocenters. The Balaban J connectivity index is 1.53. The van der Waals surface area contributed by atoms with Crippen LogP contribution in [0.3, 0.4) is 0 Å². The van der Waals surface area contributed by atoms with Gasteiger partial charge in [0.25, 0.3) is 5.92 Å². The van der Waals surface area contributed by atoms with Gasteiger partial charge in [-0.25, -0.2) is 8.78 Å². The summed E-state index contributed by atoms with van der Waals surface area (Å²) in [6.45, 7) is 7.36. The second-order valence-corrected chi connectivity index (χ2v) is 11.3. The second-order valence-electron chi connectivity index (χ2n) is 10.9. The molecule has 0 amide bonds. The van der Waals surface area contributed by atoms with E-state index in [-0.39, 0.29) is 17.9 Å². The van der Waals surface area contributed by atoms with Crippen molar-refractivity contribution < 1.29 is 19.0 Å². The molecule has 3 aliphatic rings. The van der Waals surface area contributed by atoms with Crippen molar-refractivity contribution in [2.45, 2.75) is 95.9 Å². The van der Waals surface area contributed by atoms with E-state index in [0.717, 1.165) is 55.2 Å². The van der Waals surface area contributed by atoms with Gasteiger partial charge in [0.05, 0.1) is 6.10 Å². The van der Waals surface area contributed by atoms with Crippen molar-refractivity contribution >= 4 is 11.6 Å². The summed E-state index contributed by atoms with van der Waals surface area (Å²) in [6, 6.07) is -0.248. The van der Waals surface area contributed by atoms with Crippen LogP contribution in [-0.2, 0) is 0 Å². The van der Waals surface area contributed by atoms with Crippen molar-refractivity contribution in [3.8, 4) is 0 Å². The minimum Gasteiger partial charge on any atom is -0.391 e. The van der Waals surface area contributed by atoms with Gasteiger partial charge in [-0.2, -0.15) is 0 Å². The van der Waals surface area contributed by atoms with Gasteiger partial charge in [0.15, 0.2) is 0 Å². The monoisotopic (exact) mass is 497 g/mol. The van der Waals surface area contributed by atoms with Crippen LogP contribution in [0.2, 0.25) is 0 Å². The van der Waals surface area contributed by atoms with E-state index in [1.165, 1.54) is 0 Å². The fourth-order valence-corrected chi connectivity index (χ4v) is 6.17. The molecule has 0 saturated heterocycles. The summed E-state index contributed by atoms with van der Waals surface area (Å²) in [5.74, 6) is -2.30. The number of hydrogen-bond acceptors (Lipinski definition) is 3. The largest absolute Gasteiger partial charge is 0.391 e. The first-order valence-electron chi connectivity index (χ1n) is 13.0. The lowest BCUT2D eigenvalue weighted by molar-refractivity contribution is -0.00263. The minimum absolute atomic E-state index is 0.133. The van der Waals surface area contributed by atoms with Crippen LogP contribution in [0.5, 0.6) is 0 Å². The van der Waals surface area contributed by atoms with Gasteiger partial charge >= 0.3 is 0 Å². The van der Waals surface area contributed by atoms with Crippen LogP contribution >= 0.6 is 11.6 Å². The van der Waals surface area contributed by atoms with Crippen LogP contribution < -0.4 is 5.32 Å². The molecule has 34 heavy (non-hydrogen) atoms. The number of rotatable bonds is 10. The zero-order valence-electron chi connectivity index (χ0n) is 20.6. The molecule has 0 aromatic carbocycles. The molecule has 0 aromatic rings. The molecule has 0 spiro atoms. The highest BCUT2D eigenvalue weighted by Crippen LogP contribution is 2.40. The van der Waals surface area contributed by atoms with Crippen LogP contribution in [-0.4, -0.2) is 34.5 Å². The third-order valence-corrected chi connectivity index (χ3v) is 8.42. The van der Waals surface area contributed by atoms with Gasteiger partial charge < -0.3 is 10.2 Å². The molecular weight excluding hydrogens is 456 g/mol. The molecule has 0 radical (unpaired) electrons. The number of alkyl halides is 2. The summed E-state index contributed by atoms with van der Waals surface area (Å²) in [5.41, 5.74) is 0.852. The molecule has 1 fully saturated rings. The standard InChI is InChI=1S/C28H42ClF2NO2/c1-4-28(30,31)23-7-5-6-19(16-23)17-25(33)32-26(18(2)3)27(34)22-10-8-20(9-11-22)21-12-14-24(29)15-13-21/h4,12,14-16,18,20-23,25-27,32-34H,1,5-11,13,17H2,2-3H3/t20?,21?,22?,23-,25?,26-,27?/m1/s1. The highest BCUT2D eigenvalue weighted by molar-refractivity contribution is 6.31. The molecule has 1 saturated carbocycles. The Morgan fingerprint density at radius 3 is 2.50 bits per heavy atom. The Kier molecular flexibility index (Phi) is 9.97. The van der Waals surface area contributed by atoms with Crippen molar-refractivity contribution in [3.63, 3.8) is 0 Å². The fourth-order valence-electron chi connectivity index (χ4n) is 6.01. The average Bonchev–Trinajstić information content (AvgIpc) is 2.82. The second kappa shape index (κ2) is 12.3. The lowest BCUT2D eigenvalue weighted by Crippen LogP contribution is -2.51. The lowest BCUT2D eigenvalue weighted by Gasteiger charge is -2.39. The smallest absolute Gasteiger partial charge is 0.272 e. The summed E-state index contributed by atoms with van der Waals surface area (Å²) in [6.07, 6.45) is 14.5. The fraction of sp³-hybridized carbons (Fsp3) is 0.714. The number of aliphatic hydroxyl groups is 2. The van der Waals surface area contributed by atoms with Crippen molar-refractivity contribution in [2.24, 2.45) is 29.6 Å².